The van der Waals surface area contributed by atoms with Gasteiger partial charge in [0.15, 0.2) is 11.4 Å². The number of carbonyl (C=O) groups is 1. The average Bonchev–Trinajstić information content (AvgIpc) is 2.71. The van der Waals surface area contributed by atoms with Crippen LogP contribution in [0.5, 0.6) is 5.75 Å². The molecule has 0 unspecified atom stereocenters. The quantitative estimate of drug-likeness (QED) is 0.571. The number of hydrogen-bond acceptors (Lipinski definition) is 5. The van der Waals surface area contributed by atoms with Crippen molar-refractivity contribution in [2.24, 2.45) is 5.73 Å². The van der Waals surface area contributed by atoms with Crippen molar-refractivity contribution >= 4 is 16.7 Å². The van der Waals surface area contributed by atoms with Crippen LogP contribution in [0.3, 0.4) is 0 Å². The number of pyridine rings is 3. The lowest BCUT2D eigenvalue weighted by Gasteiger charge is -2.13. The van der Waals surface area contributed by atoms with Gasteiger partial charge in [0.1, 0.15) is 0 Å². The molecule has 0 aliphatic rings. The molecule has 0 aliphatic carbocycles. The summed E-state index contributed by atoms with van der Waals surface area (Å²) in [6.45, 7) is 0.362. The van der Waals surface area contributed by atoms with Crippen LogP contribution < -0.4 is 11.3 Å². The number of nitrogens with two attached hydrogens (primary N) is 1. The molecule has 7 heteroatoms. The van der Waals surface area contributed by atoms with Crippen LogP contribution in [0.2, 0.25) is 0 Å². The summed E-state index contributed by atoms with van der Waals surface area (Å²) in [5.41, 5.74) is 6.50. The Balaban J connectivity index is 2.02. The lowest BCUT2D eigenvalue weighted by molar-refractivity contribution is 0.0993. The van der Waals surface area contributed by atoms with Crippen LogP contribution in [0, 0.1) is 0 Å². The number of benzene rings is 1. The van der Waals surface area contributed by atoms with Gasteiger partial charge in [0.05, 0.1) is 17.6 Å². The second-order valence-corrected chi connectivity index (χ2v) is 6.29. The molecule has 0 aliphatic heterocycles. The summed E-state index contributed by atoms with van der Waals surface area (Å²) in [6, 6.07) is 14.6. The highest BCUT2D eigenvalue weighted by Gasteiger charge is 2.21. The van der Waals surface area contributed by atoms with E-state index in [1.54, 1.807) is 30.6 Å². The molecule has 1 amide bonds. The number of primary amides is 1. The summed E-state index contributed by atoms with van der Waals surface area (Å²) < 4.78 is 1.53. The maximum Gasteiger partial charge on any atom is 0.271 e. The second-order valence-electron chi connectivity index (χ2n) is 6.29. The van der Waals surface area contributed by atoms with E-state index in [0.29, 0.717) is 12.1 Å². The number of amides is 1. The van der Waals surface area contributed by atoms with Gasteiger partial charge >= 0.3 is 0 Å². The molecule has 138 valence electrons. The Morgan fingerprint density at radius 3 is 2.57 bits per heavy atom. The van der Waals surface area contributed by atoms with Crippen LogP contribution in [-0.2, 0) is 6.54 Å². The van der Waals surface area contributed by atoms with Crippen LogP contribution in [0.1, 0.15) is 16.1 Å². The first-order chi connectivity index (χ1) is 13.6. The average molecular weight is 372 g/mol. The molecule has 3 heterocycles. The summed E-state index contributed by atoms with van der Waals surface area (Å²) in [6.07, 6.45) is 4.71. The SMILES string of the molecule is NC(=O)c1nc(-c2cccnc2)c2c(=O)n(Cc3ccccc3)ccc2c1O. The van der Waals surface area contributed by atoms with Crippen LogP contribution in [0.4, 0.5) is 0 Å². The zero-order valence-electron chi connectivity index (χ0n) is 14.7. The molecule has 7 nitrogen and oxygen atoms in total. The first-order valence-corrected chi connectivity index (χ1v) is 8.56. The molecule has 0 bridgehead atoms. The summed E-state index contributed by atoms with van der Waals surface area (Å²) in [7, 11) is 0. The maximum absolute atomic E-state index is 13.2. The second kappa shape index (κ2) is 6.96. The molecule has 0 radical (unpaired) electrons. The van der Waals surface area contributed by atoms with Crippen molar-refractivity contribution < 1.29 is 9.90 Å². The van der Waals surface area contributed by atoms with Crippen molar-refractivity contribution in [3.8, 4) is 17.0 Å². The Morgan fingerprint density at radius 1 is 1.11 bits per heavy atom. The molecule has 0 atom stereocenters. The highest BCUT2D eigenvalue weighted by molar-refractivity contribution is 6.05. The molecular formula is C21H16N4O3. The van der Waals surface area contributed by atoms with Crippen LogP contribution in [0.25, 0.3) is 22.0 Å². The molecule has 0 saturated carbocycles. The third-order valence-corrected chi connectivity index (χ3v) is 4.47. The molecule has 0 fully saturated rings. The van der Waals surface area contributed by atoms with Gasteiger partial charge in [-0.05, 0) is 23.8 Å². The first-order valence-electron chi connectivity index (χ1n) is 8.56. The van der Waals surface area contributed by atoms with E-state index in [9.17, 15) is 14.7 Å². The first kappa shape index (κ1) is 17.4. The van der Waals surface area contributed by atoms with E-state index in [0.717, 1.165) is 5.56 Å². The van der Waals surface area contributed by atoms with Gasteiger partial charge in [0.2, 0.25) is 0 Å². The Labute approximate surface area is 159 Å². The molecule has 4 aromatic rings. The van der Waals surface area contributed by atoms with E-state index in [-0.39, 0.29) is 27.7 Å². The molecular weight excluding hydrogens is 356 g/mol. The number of rotatable bonds is 4. The van der Waals surface area contributed by atoms with Crippen molar-refractivity contribution in [3.63, 3.8) is 0 Å². The summed E-state index contributed by atoms with van der Waals surface area (Å²) >= 11 is 0. The largest absolute Gasteiger partial charge is 0.505 e. The van der Waals surface area contributed by atoms with E-state index in [1.165, 1.54) is 10.8 Å². The Morgan fingerprint density at radius 2 is 1.89 bits per heavy atom. The zero-order chi connectivity index (χ0) is 19.7. The number of fused-ring (bicyclic) bond motifs is 1. The van der Waals surface area contributed by atoms with Gasteiger partial charge in [-0.1, -0.05) is 30.3 Å². The minimum absolute atomic E-state index is 0.203. The number of aromatic hydroxyl groups is 1. The van der Waals surface area contributed by atoms with Gasteiger partial charge in [-0.15, -0.1) is 0 Å². The van der Waals surface area contributed by atoms with Gasteiger partial charge in [-0.25, -0.2) is 4.98 Å². The predicted molar refractivity (Wildman–Crippen MR) is 105 cm³/mol. The Kier molecular flexibility index (Phi) is 4.33. The van der Waals surface area contributed by atoms with E-state index in [1.807, 2.05) is 30.3 Å². The number of carbonyl (C=O) groups excluding carboxylic acids is 1. The summed E-state index contributed by atoms with van der Waals surface area (Å²) in [5.74, 6) is -1.28. The third kappa shape index (κ3) is 2.99. The lowest BCUT2D eigenvalue weighted by Crippen LogP contribution is -2.22. The lowest BCUT2D eigenvalue weighted by atomic mass is 10.0. The molecule has 3 aromatic heterocycles. The monoisotopic (exact) mass is 372 g/mol. The van der Waals surface area contributed by atoms with Crippen molar-refractivity contribution in [1.82, 2.24) is 14.5 Å². The van der Waals surface area contributed by atoms with E-state index in [4.69, 9.17) is 5.73 Å². The normalized spacial score (nSPS) is 10.9. The van der Waals surface area contributed by atoms with E-state index < -0.39 is 11.7 Å². The maximum atomic E-state index is 13.2. The minimum Gasteiger partial charge on any atom is -0.505 e. The Bertz CT molecular complexity index is 1240. The Hall–Kier alpha value is -4.00. The molecule has 0 saturated heterocycles. The molecule has 1 aromatic carbocycles. The van der Waals surface area contributed by atoms with Gasteiger partial charge in [-0.2, -0.15) is 0 Å². The number of aromatic nitrogens is 3. The van der Waals surface area contributed by atoms with Crippen molar-refractivity contribution in [3.05, 3.63) is 88.7 Å². The summed E-state index contributed by atoms with van der Waals surface area (Å²) in [4.78, 5) is 33.2. The molecule has 4 rings (SSSR count). The molecule has 0 spiro atoms. The standard InChI is InChI=1S/C21H16N4O3/c22-20(27)18-19(26)15-8-10-25(12-13-5-2-1-3-6-13)21(28)16(15)17(24-18)14-7-4-9-23-11-14/h1-11,26H,12H2,(H2,22,27). The minimum atomic E-state index is -0.877. The fourth-order valence-corrected chi connectivity index (χ4v) is 3.14. The van der Waals surface area contributed by atoms with Crippen molar-refractivity contribution in [1.29, 1.82) is 0 Å². The van der Waals surface area contributed by atoms with Gasteiger partial charge in [0, 0.05) is 29.5 Å². The highest BCUT2D eigenvalue weighted by Crippen LogP contribution is 2.32. The number of nitrogens with zero attached hydrogens (tertiary/aromatic N) is 3. The van der Waals surface area contributed by atoms with Crippen LogP contribution >= 0.6 is 0 Å². The third-order valence-electron chi connectivity index (χ3n) is 4.47. The van der Waals surface area contributed by atoms with Gasteiger partial charge in [-0.3, -0.25) is 14.6 Å². The molecule has 28 heavy (non-hydrogen) atoms. The summed E-state index contributed by atoms with van der Waals surface area (Å²) in [5, 5.41) is 10.9. The van der Waals surface area contributed by atoms with Crippen molar-refractivity contribution in [2.75, 3.05) is 0 Å². The topological polar surface area (TPSA) is 111 Å². The molecule has 3 N–H and O–H groups in total. The van der Waals surface area contributed by atoms with E-state index in [2.05, 4.69) is 9.97 Å². The van der Waals surface area contributed by atoms with Crippen LogP contribution in [0.15, 0.2) is 71.9 Å². The van der Waals surface area contributed by atoms with E-state index >= 15 is 0 Å². The highest BCUT2D eigenvalue weighted by atomic mass is 16.3. The zero-order valence-corrected chi connectivity index (χ0v) is 14.7. The predicted octanol–water partition coefficient (Wildman–Crippen LogP) is 2.31. The fraction of sp³-hybridized carbons (Fsp3) is 0.0476. The van der Waals surface area contributed by atoms with Crippen LogP contribution in [-0.4, -0.2) is 25.5 Å². The smallest absolute Gasteiger partial charge is 0.271 e. The van der Waals surface area contributed by atoms with Gasteiger partial charge in [0.25, 0.3) is 11.5 Å². The van der Waals surface area contributed by atoms with Crippen molar-refractivity contribution in [2.45, 2.75) is 6.54 Å². The fourth-order valence-electron chi connectivity index (χ4n) is 3.14. The van der Waals surface area contributed by atoms with Gasteiger partial charge < -0.3 is 15.4 Å². The number of hydrogen-bond donors (Lipinski definition) is 2.